The van der Waals surface area contributed by atoms with Crippen molar-refractivity contribution in [1.29, 1.82) is 0 Å². The van der Waals surface area contributed by atoms with E-state index >= 15 is 0 Å². The molecule has 0 aromatic heterocycles. The van der Waals surface area contributed by atoms with Gasteiger partial charge in [-0.15, -0.1) is 0 Å². The standard InChI is InChI=1S/C8H16O4/c1-5(2)12-7(6(3)9)8(10)11-4/h5-7,9H,1-4H3. The molecule has 0 amide bonds. The summed E-state index contributed by atoms with van der Waals surface area (Å²) in [7, 11) is 1.27. The monoisotopic (exact) mass is 176 g/mol. The van der Waals surface area contributed by atoms with Crippen molar-refractivity contribution in [1.82, 2.24) is 0 Å². The highest BCUT2D eigenvalue weighted by atomic mass is 16.6. The Morgan fingerprint density at radius 2 is 1.83 bits per heavy atom. The van der Waals surface area contributed by atoms with Crippen molar-refractivity contribution >= 4 is 5.97 Å². The minimum atomic E-state index is -0.880. The number of hydrogen-bond donors (Lipinski definition) is 1. The lowest BCUT2D eigenvalue weighted by Crippen LogP contribution is -2.37. The molecular formula is C8H16O4. The molecule has 72 valence electrons. The number of aliphatic hydroxyl groups excluding tert-OH is 1. The van der Waals surface area contributed by atoms with Gasteiger partial charge in [0.15, 0.2) is 6.10 Å². The highest BCUT2D eigenvalue weighted by Gasteiger charge is 2.26. The molecule has 0 radical (unpaired) electrons. The first-order valence-electron chi connectivity index (χ1n) is 3.90. The van der Waals surface area contributed by atoms with Crippen LogP contribution in [0.1, 0.15) is 20.8 Å². The summed E-state index contributed by atoms with van der Waals surface area (Å²) in [6, 6.07) is 0. The zero-order valence-corrected chi connectivity index (χ0v) is 7.90. The Kier molecular flexibility index (Phi) is 4.85. The molecule has 0 fully saturated rings. The first kappa shape index (κ1) is 11.4. The number of carbonyl (C=O) groups excluding carboxylic acids is 1. The largest absolute Gasteiger partial charge is 0.467 e. The average Bonchev–Trinajstić information content (AvgIpc) is 1.98. The van der Waals surface area contributed by atoms with Crippen LogP contribution >= 0.6 is 0 Å². The third-order valence-corrected chi connectivity index (χ3v) is 1.29. The number of esters is 1. The van der Waals surface area contributed by atoms with Crippen LogP contribution in [-0.4, -0.2) is 36.5 Å². The molecule has 2 unspecified atom stereocenters. The van der Waals surface area contributed by atoms with Crippen LogP contribution in [0.5, 0.6) is 0 Å². The highest BCUT2D eigenvalue weighted by molar-refractivity contribution is 5.75. The second kappa shape index (κ2) is 5.11. The molecule has 12 heavy (non-hydrogen) atoms. The van der Waals surface area contributed by atoms with Crippen LogP contribution < -0.4 is 0 Å². The fourth-order valence-electron chi connectivity index (χ4n) is 0.776. The predicted octanol–water partition coefficient (Wildman–Crippen LogP) is 0.334. The average molecular weight is 176 g/mol. The first-order chi connectivity index (χ1) is 5.49. The zero-order chi connectivity index (χ0) is 9.72. The van der Waals surface area contributed by atoms with Crippen molar-refractivity contribution in [2.75, 3.05) is 7.11 Å². The van der Waals surface area contributed by atoms with Gasteiger partial charge in [0.25, 0.3) is 0 Å². The third kappa shape index (κ3) is 3.69. The molecule has 0 aliphatic rings. The van der Waals surface area contributed by atoms with E-state index in [4.69, 9.17) is 9.84 Å². The Morgan fingerprint density at radius 1 is 1.33 bits per heavy atom. The van der Waals surface area contributed by atoms with Gasteiger partial charge in [-0.25, -0.2) is 4.79 Å². The van der Waals surface area contributed by atoms with E-state index in [1.54, 1.807) is 13.8 Å². The van der Waals surface area contributed by atoms with Gasteiger partial charge in [-0.2, -0.15) is 0 Å². The van der Waals surface area contributed by atoms with Gasteiger partial charge in [-0.1, -0.05) is 0 Å². The number of methoxy groups -OCH3 is 1. The summed E-state index contributed by atoms with van der Waals surface area (Å²) in [4.78, 5) is 11.0. The van der Waals surface area contributed by atoms with Crippen LogP contribution in [0.4, 0.5) is 0 Å². The number of carbonyl (C=O) groups is 1. The van der Waals surface area contributed by atoms with Gasteiger partial charge in [0.1, 0.15) is 0 Å². The van der Waals surface area contributed by atoms with Gasteiger partial charge in [0, 0.05) is 0 Å². The minimum Gasteiger partial charge on any atom is -0.467 e. The highest BCUT2D eigenvalue weighted by Crippen LogP contribution is 2.04. The van der Waals surface area contributed by atoms with E-state index in [0.29, 0.717) is 0 Å². The molecule has 0 saturated heterocycles. The van der Waals surface area contributed by atoms with Gasteiger partial charge >= 0.3 is 5.97 Å². The fourth-order valence-corrected chi connectivity index (χ4v) is 0.776. The van der Waals surface area contributed by atoms with Crippen LogP contribution in [-0.2, 0) is 14.3 Å². The van der Waals surface area contributed by atoms with Gasteiger partial charge in [-0.05, 0) is 20.8 Å². The summed E-state index contributed by atoms with van der Waals surface area (Å²) < 4.78 is 9.59. The Morgan fingerprint density at radius 3 is 2.08 bits per heavy atom. The van der Waals surface area contributed by atoms with Crippen LogP contribution in [0.25, 0.3) is 0 Å². The third-order valence-electron chi connectivity index (χ3n) is 1.29. The summed E-state index contributed by atoms with van der Waals surface area (Å²) in [5, 5.41) is 9.14. The molecule has 0 aromatic rings. The Bertz CT molecular complexity index is 142. The van der Waals surface area contributed by atoms with Gasteiger partial charge in [0.05, 0.1) is 19.3 Å². The van der Waals surface area contributed by atoms with E-state index in [-0.39, 0.29) is 6.10 Å². The van der Waals surface area contributed by atoms with Gasteiger partial charge in [-0.3, -0.25) is 0 Å². The summed E-state index contributed by atoms with van der Waals surface area (Å²) in [5.41, 5.74) is 0. The van der Waals surface area contributed by atoms with Crippen molar-refractivity contribution in [3.05, 3.63) is 0 Å². The SMILES string of the molecule is COC(=O)C(OC(C)C)C(C)O. The number of aliphatic hydroxyl groups is 1. The summed E-state index contributed by atoms with van der Waals surface area (Å²) in [6.45, 7) is 5.07. The van der Waals surface area contributed by atoms with Crippen LogP contribution in [0.2, 0.25) is 0 Å². The molecule has 0 saturated carbocycles. The molecule has 0 aliphatic heterocycles. The van der Waals surface area contributed by atoms with Crippen LogP contribution in [0.15, 0.2) is 0 Å². The molecule has 0 bridgehead atoms. The first-order valence-corrected chi connectivity index (χ1v) is 3.90. The maximum Gasteiger partial charge on any atom is 0.337 e. The van der Waals surface area contributed by atoms with Gasteiger partial charge in [0.2, 0.25) is 0 Å². The van der Waals surface area contributed by atoms with E-state index in [9.17, 15) is 4.79 Å². The number of ether oxygens (including phenoxy) is 2. The Labute approximate surface area is 72.5 Å². The van der Waals surface area contributed by atoms with E-state index in [1.165, 1.54) is 14.0 Å². The van der Waals surface area contributed by atoms with Crippen molar-refractivity contribution < 1.29 is 19.4 Å². The molecular weight excluding hydrogens is 160 g/mol. The molecule has 0 rings (SSSR count). The lowest BCUT2D eigenvalue weighted by Gasteiger charge is -2.20. The summed E-state index contributed by atoms with van der Waals surface area (Å²) >= 11 is 0. The van der Waals surface area contributed by atoms with E-state index in [0.717, 1.165) is 0 Å². The Balaban J connectivity index is 4.13. The summed E-state index contributed by atoms with van der Waals surface area (Å²) in [6.07, 6.45) is -1.83. The topological polar surface area (TPSA) is 55.8 Å². The van der Waals surface area contributed by atoms with E-state index < -0.39 is 18.2 Å². The number of rotatable bonds is 4. The van der Waals surface area contributed by atoms with Crippen molar-refractivity contribution in [2.45, 2.75) is 39.1 Å². The second-order valence-corrected chi connectivity index (χ2v) is 2.87. The van der Waals surface area contributed by atoms with E-state index in [2.05, 4.69) is 4.74 Å². The minimum absolute atomic E-state index is 0.108. The predicted molar refractivity (Wildman–Crippen MR) is 43.7 cm³/mol. The molecule has 4 heteroatoms. The summed E-state index contributed by atoms with van der Waals surface area (Å²) in [5.74, 6) is -0.543. The van der Waals surface area contributed by atoms with E-state index in [1.807, 2.05) is 0 Å². The fraction of sp³-hybridized carbons (Fsp3) is 0.875. The maximum atomic E-state index is 11.0. The molecule has 2 atom stereocenters. The molecule has 0 aromatic carbocycles. The lowest BCUT2D eigenvalue weighted by molar-refractivity contribution is -0.165. The molecule has 0 heterocycles. The normalized spacial score (nSPS) is 15.8. The van der Waals surface area contributed by atoms with Crippen molar-refractivity contribution in [2.24, 2.45) is 0 Å². The second-order valence-electron chi connectivity index (χ2n) is 2.87. The molecule has 1 N–H and O–H groups in total. The lowest BCUT2D eigenvalue weighted by atomic mass is 10.2. The number of hydrogen-bond acceptors (Lipinski definition) is 4. The van der Waals surface area contributed by atoms with Crippen LogP contribution in [0, 0.1) is 0 Å². The molecule has 4 nitrogen and oxygen atoms in total. The van der Waals surface area contributed by atoms with Crippen LogP contribution in [0.3, 0.4) is 0 Å². The molecule has 0 aliphatic carbocycles. The van der Waals surface area contributed by atoms with Crippen molar-refractivity contribution in [3.63, 3.8) is 0 Å². The quantitative estimate of drug-likeness (QED) is 0.627. The zero-order valence-electron chi connectivity index (χ0n) is 7.90. The molecule has 0 spiro atoms. The van der Waals surface area contributed by atoms with Gasteiger partial charge < -0.3 is 14.6 Å². The Hall–Kier alpha value is -0.610. The van der Waals surface area contributed by atoms with Crippen molar-refractivity contribution in [3.8, 4) is 0 Å². The smallest absolute Gasteiger partial charge is 0.337 e. The maximum absolute atomic E-state index is 11.0.